The van der Waals surface area contributed by atoms with Crippen molar-refractivity contribution in [1.82, 2.24) is 0 Å². The van der Waals surface area contributed by atoms with Gasteiger partial charge in [0, 0.05) is 23.1 Å². The number of rotatable bonds is 1. The molecule has 3 rings (SSSR count). The molecule has 0 radical (unpaired) electrons. The first-order valence-electron chi connectivity index (χ1n) is 5.89. The second-order valence-corrected chi connectivity index (χ2v) is 5.33. The van der Waals surface area contributed by atoms with E-state index in [0.717, 1.165) is 5.75 Å². The highest BCUT2D eigenvalue weighted by Crippen LogP contribution is 2.39. The zero-order valence-electron chi connectivity index (χ0n) is 9.60. The van der Waals surface area contributed by atoms with Crippen LogP contribution in [0.3, 0.4) is 0 Å². The Morgan fingerprint density at radius 2 is 1.71 bits per heavy atom. The molecule has 1 aliphatic rings. The molecule has 0 bridgehead atoms. The van der Waals surface area contributed by atoms with Crippen molar-refractivity contribution in [3.8, 4) is 0 Å². The standard InChI is InChI=1S/C15H15NS/c16-9-14-12-6-2-1-5-11(12)10-17-15-8-4-3-7-13(14)15/h1-8,14H,9-10,16H2/t14-/m1/s1. The monoisotopic (exact) mass is 241 g/mol. The fraction of sp³-hybridized carbons (Fsp3) is 0.200. The molecule has 1 aliphatic heterocycles. The third-order valence-electron chi connectivity index (χ3n) is 3.34. The van der Waals surface area contributed by atoms with Crippen LogP contribution in [0.25, 0.3) is 0 Å². The van der Waals surface area contributed by atoms with Gasteiger partial charge in [0.25, 0.3) is 0 Å². The molecule has 0 fully saturated rings. The van der Waals surface area contributed by atoms with Gasteiger partial charge >= 0.3 is 0 Å². The minimum atomic E-state index is 0.345. The number of hydrogen-bond donors (Lipinski definition) is 1. The highest BCUT2D eigenvalue weighted by molar-refractivity contribution is 7.98. The average molecular weight is 241 g/mol. The first kappa shape index (κ1) is 10.9. The topological polar surface area (TPSA) is 26.0 Å². The number of nitrogens with two attached hydrogens (primary N) is 1. The van der Waals surface area contributed by atoms with Gasteiger partial charge in [-0.1, -0.05) is 42.5 Å². The summed E-state index contributed by atoms with van der Waals surface area (Å²) >= 11 is 1.92. The largest absolute Gasteiger partial charge is 0.330 e. The van der Waals surface area contributed by atoms with Crippen molar-refractivity contribution < 1.29 is 0 Å². The number of hydrogen-bond acceptors (Lipinski definition) is 2. The minimum absolute atomic E-state index is 0.345. The van der Waals surface area contributed by atoms with Gasteiger partial charge in [-0.15, -0.1) is 11.8 Å². The van der Waals surface area contributed by atoms with Crippen LogP contribution in [-0.4, -0.2) is 6.54 Å². The lowest BCUT2D eigenvalue weighted by Crippen LogP contribution is -2.14. The summed E-state index contributed by atoms with van der Waals surface area (Å²) < 4.78 is 0. The van der Waals surface area contributed by atoms with Crippen molar-refractivity contribution in [2.24, 2.45) is 5.73 Å². The molecule has 2 aromatic carbocycles. The molecule has 0 saturated carbocycles. The zero-order valence-corrected chi connectivity index (χ0v) is 10.4. The zero-order chi connectivity index (χ0) is 11.7. The summed E-state index contributed by atoms with van der Waals surface area (Å²) in [7, 11) is 0. The van der Waals surface area contributed by atoms with Crippen LogP contribution in [0.15, 0.2) is 53.4 Å². The van der Waals surface area contributed by atoms with Crippen molar-refractivity contribution in [1.29, 1.82) is 0 Å². The molecule has 0 saturated heterocycles. The van der Waals surface area contributed by atoms with Crippen LogP contribution in [-0.2, 0) is 5.75 Å². The van der Waals surface area contributed by atoms with E-state index < -0.39 is 0 Å². The van der Waals surface area contributed by atoms with Crippen molar-refractivity contribution in [3.05, 3.63) is 65.2 Å². The van der Waals surface area contributed by atoms with Gasteiger partial charge in [-0.3, -0.25) is 0 Å². The summed E-state index contributed by atoms with van der Waals surface area (Å²) in [4.78, 5) is 1.37. The van der Waals surface area contributed by atoms with Crippen LogP contribution < -0.4 is 5.73 Å². The van der Waals surface area contributed by atoms with Gasteiger partial charge in [0.05, 0.1) is 0 Å². The maximum absolute atomic E-state index is 5.99. The van der Waals surface area contributed by atoms with E-state index in [2.05, 4.69) is 48.5 Å². The Balaban J connectivity index is 2.19. The van der Waals surface area contributed by atoms with Gasteiger partial charge in [-0.05, 0) is 22.8 Å². The molecule has 2 heteroatoms. The Kier molecular flexibility index (Phi) is 2.91. The first-order chi connectivity index (χ1) is 8.40. The Morgan fingerprint density at radius 3 is 2.53 bits per heavy atom. The fourth-order valence-electron chi connectivity index (χ4n) is 2.48. The normalized spacial score (nSPS) is 18.1. The van der Waals surface area contributed by atoms with Crippen LogP contribution in [0.2, 0.25) is 0 Å². The molecule has 17 heavy (non-hydrogen) atoms. The van der Waals surface area contributed by atoms with E-state index in [9.17, 15) is 0 Å². The van der Waals surface area contributed by atoms with E-state index in [1.807, 2.05) is 11.8 Å². The Hall–Kier alpha value is -1.25. The maximum Gasteiger partial charge on any atom is 0.0235 e. The van der Waals surface area contributed by atoms with Gasteiger partial charge in [-0.25, -0.2) is 0 Å². The second kappa shape index (κ2) is 4.55. The molecule has 0 spiro atoms. The average Bonchev–Trinajstić information content (AvgIpc) is 2.55. The Bertz CT molecular complexity index is 488. The first-order valence-corrected chi connectivity index (χ1v) is 6.88. The summed E-state index contributed by atoms with van der Waals surface area (Å²) in [5, 5.41) is 0. The summed E-state index contributed by atoms with van der Waals surface area (Å²) in [6.45, 7) is 0.675. The second-order valence-electron chi connectivity index (χ2n) is 4.31. The Morgan fingerprint density at radius 1 is 1.00 bits per heavy atom. The molecule has 86 valence electrons. The third-order valence-corrected chi connectivity index (χ3v) is 4.48. The predicted octanol–water partition coefficient (Wildman–Crippen LogP) is 3.38. The molecular weight excluding hydrogens is 226 g/mol. The highest BCUT2D eigenvalue weighted by Gasteiger charge is 2.21. The summed E-state index contributed by atoms with van der Waals surface area (Å²) in [5.74, 6) is 1.39. The number of thioether (sulfide) groups is 1. The highest BCUT2D eigenvalue weighted by atomic mass is 32.2. The van der Waals surface area contributed by atoms with E-state index in [-0.39, 0.29) is 0 Å². The predicted molar refractivity (Wildman–Crippen MR) is 73.3 cm³/mol. The van der Waals surface area contributed by atoms with Crippen LogP contribution >= 0.6 is 11.8 Å². The van der Waals surface area contributed by atoms with E-state index in [4.69, 9.17) is 5.73 Å². The lowest BCUT2D eigenvalue weighted by molar-refractivity contribution is 0.799. The molecule has 2 aromatic rings. The van der Waals surface area contributed by atoms with Crippen LogP contribution in [0.5, 0.6) is 0 Å². The maximum atomic E-state index is 5.99. The fourth-order valence-corrected chi connectivity index (χ4v) is 3.61. The van der Waals surface area contributed by atoms with Gasteiger partial charge in [0.1, 0.15) is 0 Å². The van der Waals surface area contributed by atoms with Crippen molar-refractivity contribution >= 4 is 11.8 Å². The lowest BCUT2D eigenvalue weighted by atomic mass is 9.89. The SMILES string of the molecule is NC[C@@H]1c2ccccc2CSc2ccccc21. The molecule has 0 unspecified atom stereocenters. The van der Waals surface area contributed by atoms with E-state index in [0.29, 0.717) is 12.5 Å². The molecule has 1 nitrogen and oxygen atoms in total. The summed E-state index contributed by atoms with van der Waals surface area (Å²) in [5.41, 5.74) is 10.2. The lowest BCUT2D eigenvalue weighted by Gasteiger charge is -2.17. The molecule has 0 aromatic heterocycles. The van der Waals surface area contributed by atoms with Crippen LogP contribution in [0.4, 0.5) is 0 Å². The Labute approximate surface area is 106 Å². The van der Waals surface area contributed by atoms with Crippen molar-refractivity contribution in [3.63, 3.8) is 0 Å². The molecule has 1 heterocycles. The molecule has 0 aliphatic carbocycles. The van der Waals surface area contributed by atoms with E-state index in [1.165, 1.54) is 21.6 Å². The number of benzene rings is 2. The van der Waals surface area contributed by atoms with Crippen molar-refractivity contribution in [2.75, 3.05) is 6.54 Å². The van der Waals surface area contributed by atoms with Crippen molar-refractivity contribution in [2.45, 2.75) is 16.6 Å². The van der Waals surface area contributed by atoms with E-state index >= 15 is 0 Å². The van der Waals surface area contributed by atoms with Gasteiger partial charge < -0.3 is 5.73 Å². The van der Waals surface area contributed by atoms with E-state index in [1.54, 1.807) is 0 Å². The van der Waals surface area contributed by atoms with Gasteiger partial charge in [-0.2, -0.15) is 0 Å². The van der Waals surface area contributed by atoms with Crippen LogP contribution in [0.1, 0.15) is 22.6 Å². The van der Waals surface area contributed by atoms with Gasteiger partial charge in [0.15, 0.2) is 0 Å². The molecule has 0 amide bonds. The summed E-state index contributed by atoms with van der Waals surface area (Å²) in [6, 6.07) is 17.3. The minimum Gasteiger partial charge on any atom is -0.330 e. The molecular formula is C15H15NS. The van der Waals surface area contributed by atoms with Crippen LogP contribution in [0, 0.1) is 0 Å². The summed E-state index contributed by atoms with van der Waals surface area (Å²) in [6.07, 6.45) is 0. The van der Waals surface area contributed by atoms with Gasteiger partial charge in [0.2, 0.25) is 0 Å². The number of fused-ring (bicyclic) bond motifs is 2. The quantitative estimate of drug-likeness (QED) is 0.828. The molecule has 2 N–H and O–H groups in total. The molecule has 1 atom stereocenters. The smallest absolute Gasteiger partial charge is 0.0235 e. The third kappa shape index (κ3) is 1.88.